The number of carbonyl (C=O) groups excluding carboxylic acids is 1. The van der Waals surface area contributed by atoms with E-state index in [9.17, 15) is 4.79 Å². The molecule has 1 aromatic carbocycles. The molecule has 0 aliphatic carbocycles. The van der Waals surface area contributed by atoms with Crippen LogP contribution in [0.3, 0.4) is 0 Å². The molecule has 2 aliphatic heterocycles. The first-order valence-electron chi connectivity index (χ1n) is 9.14. The van der Waals surface area contributed by atoms with Crippen molar-refractivity contribution in [2.75, 3.05) is 59.6 Å². The Labute approximate surface area is 150 Å². The second-order valence-corrected chi connectivity index (χ2v) is 7.01. The van der Waals surface area contributed by atoms with Crippen LogP contribution in [-0.2, 0) is 9.53 Å². The van der Waals surface area contributed by atoms with Crippen LogP contribution in [0.1, 0.15) is 12.8 Å². The fourth-order valence-corrected chi connectivity index (χ4v) is 3.66. The highest BCUT2D eigenvalue weighted by Gasteiger charge is 2.40. The molecule has 2 heterocycles. The van der Waals surface area contributed by atoms with Crippen molar-refractivity contribution in [1.29, 1.82) is 0 Å². The highest BCUT2D eigenvalue weighted by Crippen LogP contribution is 2.29. The number of morpholine rings is 1. The maximum absolute atomic E-state index is 12.3. The Hall–Kier alpha value is -1.63. The topological polar surface area (TPSA) is 54.0 Å². The minimum Gasteiger partial charge on any atom is -0.484 e. The van der Waals surface area contributed by atoms with Crippen LogP contribution >= 0.6 is 0 Å². The summed E-state index contributed by atoms with van der Waals surface area (Å²) in [5, 5.41) is 3.11. The summed E-state index contributed by atoms with van der Waals surface area (Å²) in [7, 11) is 2.16. The van der Waals surface area contributed by atoms with Crippen LogP contribution in [0.4, 0.5) is 0 Å². The van der Waals surface area contributed by atoms with Gasteiger partial charge in [0, 0.05) is 25.2 Å². The molecule has 138 valence electrons. The van der Waals surface area contributed by atoms with Gasteiger partial charge in [-0.1, -0.05) is 18.2 Å². The smallest absolute Gasteiger partial charge is 0.258 e. The van der Waals surface area contributed by atoms with Crippen molar-refractivity contribution in [3.63, 3.8) is 0 Å². The van der Waals surface area contributed by atoms with E-state index >= 15 is 0 Å². The summed E-state index contributed by atoms with van der Waals surface area (Å²) in [5.41, 5.74) is 0.0404. The largest absolute Gasteiger partial charge is 0.484 e. The molecule has 0 saturated carbocycles. The summed E-state index contributed by atoms with van der Waals surface area (Å²) in [5.74, 6) is 0.662. The maximum atomic E-state index is 12.3. The zero-order chi connectivity index (χ0) is 17.5. The number of nitrogens with one attached hydrogen (secondary N) is 1. The molecule has 0 radical (unpaired) electrons. The lowest BCUT2D eigenvalue weighted by Crippen LogP contribution is -2.62. The molecule has 1 N–H and O–H groups in total. The summed E-state index contributed by atoms with van der Waals surface area (Å²) < 4.78 is 11.1. The predicted octanol–water partition coefficient (Wildman–Crippen LogP) is 0.978. The number of benzene rings is 1. The summed E-state index contributed by atoms with van der Waals surface area (Å²) in [4.78, 5) is 17.1. The van der Waals surface area contributed by atoms with Crippen LogP contribution in [0.25, 0.3) is 0 Å². The zero-order valence-corrected chi connectivity index (χ0v) is 15.1. The Bertz CT molecular complexity index is 538. The number of hydrogen-bond acceptors (Lipinski definition) is 5. The zero-order valence-electron chi connectivity index (χ0n) is 15.1. The Kier molecular flexibility index (Phi) is 6.29. The predicted molar refractivity (Wildman–Crippen MR) is 96.8 cm³/mol. The highest BCUT2D eigenvalue weighted by molar-refractivity contribution is 5.77. The van der Waals surface area contributed by atoms with Crippen molar-refractivity contribution in [1.82, 2.24) is 15.1 Å². The quantitative estimate of drug-likeness (QED) is 0.831. The van der Waals surface area contributed by atoms with Crippen LogP contribution in [-0.4, -0.2) is 80.8 Å². The molecule has 1 aromatic rings. The van der Waals surface area contributed by atoms with E-state index in [2.05, 4.69) is 22.2 Å². The molecule has 25 heavy (non-hydrogen) atoms. The molecule has 6 nitrogen and oxygen atoms in total. The number of likely N-dealkylation sites (tertiary alicyclic amines) is 1. The average Bonchev–Trinajstić information content (AvgIpc) is 2.68. The van der Waals surface area contributed by atoms with Gasteiger partial charge in [-0.15, -0.1) is 0 Å². The summed E-state index contributed by atoms with van der Waals surface area (Å²) in [6.07, 6.45) is 2.15. The molecule has 0 unspecified atom stereocenters. The number of rotatable bonds is 6. The van der Waals surface area contributed by atoms with E-state index in [-0.39, 0.29) is 18.1 Å². The molecule has 0 spiro atoms. The van der Waals surface area contributed by atoms with Crippen LogP contribution < -0.4 is 10.1 Å². The number of ether oxygens (including phenoxy) is 2. The van der Waals surface area contributed by atoms with Gasteiger partial charge in [0.05, 0.1) is 13.2 Å². The molecule has 2 saturated heterocycles. The highest BCUT2D eigenvalue weighted by atomic mass is 16.5. The van der Waals surface area contributed by atoms with E-state index < -0.39 is 0 Å². The van der Waals surface area contributed by atoms with Crippen LogP contribution in [0.5, 0.6) is 5.75 Å². The third-order valence-corrected chi connectivity index (χ3v) is 5.33. The van der Waals surface area contributed by atoms with Crippen LogP contribution in [0.15, 0.2) is 30.3 Å². The van der Waals surface area contributed by atoms with Gasteiger partial charge in [-0.05, 0) is 45.1 Å². The molecule has 6 heteroatoms. The van der Waals surface area contributed by atoms with Crippen LogP contribution in [0.2, 0.25) is 0 Å². The molecular formula is C19H29N3O3. The fraction of sp³-hybridized carbons (Fsp3) is 0.632. The van der Waals surface area contributed by atoms with Gasteiger partial charge in [0.25, 0.3) is 5.91 Å². The lowest BCUT2D eigenvalue weighted by molar-refractivity contribution is -0.124. The number of nitrogens with zero attached hydrogens (tertiary/aromatic N) is 2. The van der Waals surface area contributed by atoms with Gasteiger partial charge >= 0.3 is 0 Å². The second-order valence-electron chi connectivity index (χ2n) is 7.01. The minimum atomic E-state index is -0.0598. The van der Waals surface area contributed by atoms with E-state index in [1.165, 1.54) is 0 Å². The maximum Gasteiger partial charge on any atom is 0.258 e. The first-order chi connectivity index (χ1) is 12.2. The lowest BCUT2D eigenvalue weighted by atomic mass is 9.85. The van der Waals surface area contributed by atoms with Crippen molar-refractivity contribution in [2.45, 2.75) is 18.4 Å². The molecule has 0 aromatic heterocycles. The summed E-state index contributed by atoms with van der Waals surface area (Å²) in [6.45, 7) is 6.31. The minimum absolute atomic E-state index is 0.0404. The van der Waals surface area contributed by atoms with Crippen molar-refractivity contribution < 1.29 is 14.3 Å². The van der Waals surface area contributed by atoms with Gasteiger partial charge in [-0.2, -0.15) is 0 Å². The number of amides is 1. The molecule has 0 atom stereocenters. The first-order valence-corrected chi connectivity index (χ1v) is 9.14. The monoisotopic (exact) mass is 347 g/mol. The Morgan fingerprint density at radius 1 is 1.16 bits per heavy atom. The summed E-state index contributed by atoms with van der Waals surface area (Å²) >= 11 is 0. The second kappa shape index (κ2) is 8.65. The van der Waals surface area contributed by atoms with Gasteiger partial charge < -0.3 is 19.7 Å². The number of hydrogen-bond donors (Lipinski definition) is 1. The summed E-state index contributed by atoms with van der Waals surface area (Å²) in [6, 6.07) is 9.45. The SMILES string of the molecule is CN1CCC(CNC(=O)COc2ccccc2)(N2CCOCC2)CC1. The Morgan fingerprint density at radius 3 is 2.52 bits per heavy atom. The van der Waals surface area contributed by atoms with Gasteiger partial charge in [-0.3, -0.25) is 9.69 Å². The van der Waals surface area contributed by atoms with E-state index in [1.54, 1.807) is 0 Å². The standard InChI is InChI=1S/C19H29N3O3/c1-21-9-7-19(8-10-21,22-11-13-24-14-12-22)16-20-18(23)15-25-17-5-3-2-4-6-17/h2-6H,7-16H2,1H3,(H,20,23). The van der Waals surface area contributed by atoms with E-state index in [0.29, 0.717) is 6.54 Å². The van der Waals surface area contributed by atoms with E-state index in [0.717, 1.165) is 58.0 Å². The Balaban J connectivity index is 1.53. The Morgan fingerprint density at radius 2 is 1.84 bits per heavy atom. The van der Waals surface area contributed by atoms with Gasteiger partial charge in [-0.25, -0.2) is 0 Å². The van der Waals surface area contributed by atoms with Crippen molar-refractivity contribution in [3.8, 4) is 5.75 Å². The third-order valence-electron chi connectivity index (χ3n) is 5.33. The van der Waals surface area contributed by atoms with E-state index in [4.69, 9.17) is 9.47 Å². The van der Waals surface area contributed by atoms with Crippen molar-refractivity contribution in [3.05, 3.63) is 30.3 Å². The number of piperidine rings is 1. The average molecular weight is 347 g/mol. The fourth-order valence-electron chi connectivity index (χ4n) is 3.66. The third kappa shape index (κ3) is 4.93. The molecular weight excluding hydrogens is 318 g/mol. The molecule has 0 bridgehead atoms. The molecule has 1 amide bonds. The van der Waals surface area contributed by atoms with Gasteiger partial charge in [0.1, 0.15) is 5.75 Å². The van der Waals surface area contributed by atoms with Crippen molar-refractivity contribution >= 4 is 5.91 Å². The molecule has 2 fully saturated rings. The molecule has 3 rings (SSSR count). The lowest BCUT2D eigenvalue weighted by Gasteiger charge is -2.49. The van der Waals surface area contributed by atoms with Gasteiger partial charge in [0.15, 0.2) is 6.61 Å². The number of carbonyl (C=O) groups is 1. The normalized spacial score (nSPS) is 21.6. The number of para-hydroxylation sites is 1. The van der Waals surface area contributed by atoms with Crippen LogP contribution in [0, 0.1) is 0 Å². The van der Waals surface area contributed by atoms with E-state index in [1.807, 2.05) is 30.3 Å². The molecule has 2 aliphatic rings. The van der Waals surface area contributed by atoms with Crippen molar-refractivity contribution in [2.24, 2.45) is 0 Å². The first kappa shape index (κ1) is 18.2. The van der Waals surface area contributed by atoms with Gasteiger partial charge in [0.2, 0.25) is 0 Å².